The number of allylic oxidation sites excluding steroid dienone is 2. The van der Waals surface area contributed by atoms with E-state index < -0.39 is 0 Å². The molecule has 0 amide bonds. The number of hydrogen-bond donors (Lipinski definition) is 0. The lowest BCUT2D eigenvalue weighted by Gasteiger charge is -2.11. The standard InChI is InChI=1S/C9H12N2/c1-11-6-4-8-7-10-5-2-3-9(8)11/h2-3,5H,4,6-7H2,1H3. The maximum atomic E-state index is 4.25. The second-order valence-electron chi connectivity index (χ2n) is 3.01. The van der Waals surface area contributed by atoms with Crippen molar-refractivity contribution in [2.75, 3.05) is 20.1 Å². The summed E-state index contributed by atoms with van der Waals surface area (Å²) in [6.07, 6.45) is 7.24. The molecule has 0 aliphatic carbocycles. The summed E-state index contributed by atoms with van der Waals surface area (Å²) in [6.45, 7) is 2.05. The van der Waals surface area contributed by atoms with E-state index in [1.807, 2.05) is 12.3 Å². The van der Waals surface area contributed by atoms with E-state index in [0.29, 0.717) is 0 Å². The minimum Gasteiger partial charge on any atom is -0.374 e. The third kappa shape index (κ3) is 1.09. The van der Waals surface area contributed by atoms with Gasteiger partial charge in [0, 0.05) is 25.5 Å². The molecular formula is C9H12N2. The molecule has 2 aliphatic heterocycles. The van der Waals surface area contributed by atoms with Crippen LogP contribution in [0.2, 0.25) is 0 Å². The van der Waals surface area contributed by atoms with Gasteiger partial charge in [-0.05, 0) is 24.1 Å². The zero-order valence-electron chi connectivity index (χ0n) is 6.75. The van der Waals surface area contributed by atoms with Crippen LogP contribution in [0, 0.1) is 0 Å². The van der Waals surface area contributed by atoms with Crippen LogP contribution in [-0.4, -0.2) is 31.3 Å². The van der Waals surface area contributed by atoms with E-state index in [9.17, 15) is 0 Å². The average molecular weight is 148 g/mol. The van der Waals surface area contributed by atoms with Crippen molar-refractivity contribution in [2.24, 2.45) is 4.99 Å². The average Bonchev–Trinajstić information content (AvgIpc) is 2.25. The first-order valence-electron chi connectivity index (χ1n) is 3.97. The molecular weight excluding hydrogens is 136 g/mol. The molecule has 58 valence electrons. The molecule has 2 nitrogen and oxygen atoms in total. The predicted molar refractivity (Wildman–Crippen MR) is 46.8 cm³/mol. The number of hydrogen-bond acceptors (Lipinski definition) is 2. The molecule has 0 fully saturated rings. The van der Waals surface area contributed by atoms with Gasteiger partial charge in [-0.25, -0.2) is 0 Å². The topological polar surface area (TPSA) is 15.6 Å². The molecule has 11 heavy (non-hydrogen) atoms. The Balaban J connectivity index is 2.32. The van der Waals surface area contributed by atoms with Gasteiger partial charge in [0.2, 0.25) is 0 Å². The Morgan fingerprint density at radius 1 is 1.55 bits per heavy atom. The van der Waals surface area contributed by atoms with Crippen LogP contribution in [0.5, 0.6) is 0 Å². The summed E-state index contributed by atoms with van der Waals surface area (Å²) < 4.78 is 0. The lowest BCUT2D eigenvalue weighted by molar-refractivity contribution is 0.472. The molecule has 0 radical (unpaired) electrons. The van der Waals surface area contributed by atoms with Gasteiger partial charge in [0.15, 0.2) is 0 Å². The fourth-order valence-corrected chi connectivity index (χ4v) is 1.58. The van der Waals surface area contributed by atoms with Crippen molar-refractivity contribution in [1.82, 2.24) is 4.90 Å². The fourth-order valence-electron chi connectivity index (χ4n) is 1.58. The van der Waals surface area contributed by atoms with Gasteiger partial charge in [-0.2, -0.15) is 0 Å². The summed E-state index contributed by atoms with van der Waals surface area (Å²) in [7, 11) is 2.14. The summed E-state index contributed by atoms with van der Waals surface area (Å²) >= 11 is 0. The van der Waals surface area contributed by atoms with Gasteiger partial charge < -0.3 is 4.90 Å². The van der Waals surface area contributed by atoms with E-state index in [1.54, 1.807) is 0 Å². The van der Waals surface area contributed by atoms with E-state index in [-0.39, 0.29) is 0 Å². The normalized spacial score (nSPS) is 22.5. The summed E-state index contributed by atoms with van der Waals surface area (Å²) in [6, 6.07) is 0. The Hall–Kier alpha value is -1.05. The highest BCUT2D eigenvalue weighted by atomic mass is 15.1. The Morgan fingerprint density at radius 2 is 2.45 bits per heavy atom. The summed E-state index contributed by atoms with van der Waals surface area (Å²) in [5.41, 5.74) is 2.86. The first-order valence-corrected chi connectivity index (χ1v) is 3.97. The van der Waals surface area contributed by atoms with Crippen LogP contribution in [0.1, 0.15) is 6.42 Å². The molecule has 0 unspecified atom stereocenters. The Bertz CT molecular complexity index is 248. The van der Waals surface area contributed by atoms with Crippen LogP contribution < -0.4 is 0 Å². The lowest BCUT2D eigenvalue weighted by Crippen LogP contribution is -2.11. The third-order valence-electron chi connectivity index (χ3n) is 2.25. The van der Waals surface area contributed by atoms with Crippen molar-refractivity contribution in [1.29, 1.82) is 0 Å². The molecule has 0 atom stereocenters. The van der Waals surface area contributed by atoms with E-state index in [2.05, 4.69) is 23.0 Å². The third-order valence-corrected chi connectivity index (χ3v) is 2.25. The van der Waals surface area contributed by atoms with Crippen molar-refractivity contribution in [3.05, 3.63) is 23.4 Å². The van der Waals surface area contributed by atoms with Gasteiger partial charge in [-0.15, -0.1) is 0 Å². The molecule has 0 saturated heterocycles. The molecule has 0 aromatic heterocycles. The van der Waals surface area contributed by atoms with Crippen LogP contribution >= 0.6 is 0 Å². The van der Waals surface area contributed by atoms with Crippen LogP contribution in [0.4, 0.5) is 0 Å². The molecule has 2 heterocycles. The molecule has 0 saturated carbocycles. The molecule has 2 aliphatic rings. The molecule has 0 spiro atoms. The summed E-state index contributed by atoms with van der Waals surface area (Å²) in [5.74, 6) is 0. The largest absolute Gasteiger partial charge is 0.374 e. The Labute approximate surface area is 66.9 Å². The van der Waals surface area contributed by atoms with Crippen LogP contribution in [-0.2, 0) is 0 Å². The number of nitrogens with zero attached hydrogens (tertiary/aromatic N) is 2. The maximum absolute atomic E-state index is 4.25. The molecule has 2 heteroatoms. The molecule has 0 bridgehead atoms. The quantitative estimate of drug-likeness (QED) is 0.504. The second kappa shape index (κ2) is 2.53. The fraction of sp³-hybridized carbons (Fsp3) is 0.444. The van der Waals surface area contributed by atoms with Crippen molar-refractivity contribution in [2.45, 2.75) is 6.42 Å². The van der Waals surface area contributed by atoms with Gasteiger partial charge in [0.1, 0.15) is 0 Å². The van der Waals surface area contributed by atoms with Crippen molar-refractivity contribution in [3.63, 3.8) is 0 Å². The van der Waals surface area contributed by atoms with E-state index in [1.165, 1.54) is 17.7 Å². The Kier molecular flexibility index (Phi) is 1.53. The van der Waals surface area contributed by atoms with Gasteiger partial charge in [0.25, 0.3) is 0 Å². The van der Waals surface area contributed by atoms with Crippen molar-refractivity contribution < 1.29 is 0 Å². The predicted octanol–water partition coefficient (Wildman–Crippen LogP) is 1.22. The van der Waals surface area contributed by atoms with E-state index in [0.717, 1.165) is 13.1 Å². The van der Waals surface area contributed by atoms with Crippen molar-refractivity contribution >= 4 is 6.21 Å². The maximum Gasteiger partial charge on any atom is 0.0623 e. The van der Waals surface area contributed by atoms with Gasteiger partial charge in [-0.3, -0.25) is 4.99 Å². The van der Waals surface area contributed by atoms with Crippen LogP contribution in [0.15, 0.2) is 28.4 Å². The first-order chi connectivity index (χ1) is 5.38. The number of rotatable bonds is 0. The van der Waals surface area contributed by atoms with Gasteiger partial charge >= 0.3 is 0 Å². The number of likely N-dealkylation sites (N-methyl/N-ethyl adjacent to an activating group) is 1. The first kappa shape index (κ1) is 6.65. The minimum atomic E-state index is 0.896. The molecule has 0 aromatic rings. The zero-order valence-corrected chi connectivity index (χ0v) is 6.75. The van der Waals surface area contributed by atoms with Gasteiger partial charge in [-0.1, -0.05) is 0 Å². The van der Waals surface area contributed by atoms with Crippen LogP contribution in [0.3, 0.4) is 0 Å². The van der Waals surface area contributed by atoms with Crippen molar-refractivity contribution in [3.8, 4) is 0 Å². The lowest BCUT2D eigenvalue weighted by atomic mass is 10.2. The molecule has 0 aromatic carbocycles. The highest BCUT2D eigenvalue weighted by Crippen LogP contribution is 2.23. The second-order valence-corrected chi connectivity index (χ2v) is 3.01. The van der Waals surface area contributed by atoms with E-state index >= 15 is 0 Å². The zero-order chi connectivity index (χ0) is 7.68. The van der Waals surface area contributed by atoms with Crippen LogP contribution in [0.25, 0.3) is 0 Å². The minimum absolute atomic E-state index is 0.896. The summed E-state index contributed by atoms with van der Waals surface area (Å²) in [4.78, 5) is 6.54. The van der Waals surface area contributed by atoms with E-state index in [4.69, 9.17) is 0 Å². The molecule has 2 rings (SSSR count). The summed E-state index contributed by atoms with van der Waals surface area (Å²) in [5, 5.41) is 0. The highest BCUT2D eigenvalue weighted by Gasteiger charge is 2.16. The monoisotopic (exact) mass is 148 g/mol. The smallest absolute Gasteiger partial charge is 0.0623 e. The SMILES string of the molecule is CN1CCC2=C1C=CC=NC2. The van der Waals surface area contributed by atoms with Gasteiger partial charge in [0.05, 0.1) is 6.54 Å². The molecule has 0 N–H and O–H groups in total. The number of aliphatic imine (C=N–C) groups is 1. The Morgan fingerprint density at radius 3 is 3.36 bits per heavy atom. The highest BCUT2D eigenvalue weighted by molar-refractivity contribution is 5.73.